The first-order valence-corrected chi connectivity index (χ1v) is 14.6. The van der Waals surface area contributed by atoms with Crippen LogP contribution in [0.25, 0.3) is 23.3 Å². The average molecular weight is 549 g/mol. The first-order chi connectivity index (χ1) is 15.2. The summed E-state index contributed by atoms with van der Waals surface area (Å²) in [4.78, 5) is 0. The molecule has 0 nitrogen and oxygen atoms in total. The zero-order chi connectivity index (χ0) is 21.4. The molecule has 0 aromatic heterocycles. The third-order valence-electron chi connectivity index (χ3n) is 6.48. The first-order valence-electron chi connectivity index (χ1n) is 10.9. The number of allylic oxidation sites excluding steroid dienone is 4. The van der Waals surface area contributed by atoms with Crippen LogP contribution in [-0.2, 0) is 27.7 Å². The van der Waals surface area contributed by atoms with E-state index in [1.807, 2.05) is 12.2 Å². The monoisotopic (exact) mass is 546 g/mol. The summed E-state index contributed by atoms with van der Waals surface area (Å²) in [6.45, 7) is 10.5. The molecule has 5 rings (SSSR count). The number of hydrogen-bond donors (Lipinski definition) is 0. The Kier molecular flexibility index (Phi) is 8.46. The van der Waals surface area contributed by atoms with Gasteiger partial charge in [-0.05, 0) is 0 Å². The molecule has 0 heterocycles. The summed E-state index contributed by atoms with van der Waals surface area (Å²) < 4.78 is 4.88. The second-order valence-electron chi connectivity index (χ2n) is 8.29. The standard InChI is InChI=1S/C17H13.C8H8.C5H5.2ClH.Zr/c1-3-12-5-7-14-11-15-8-6-13(4-2)10-17(15)16(14)9-12;1-2-8-6-4-3-5-7-8;1-2-4-5-3-1;;;/h3-7,9-10H,1-2,11H2;3-7H,1H3;1-3H,4H2;2*1H;/q;;;;;+2/p-2. The molecule has 0 saturated heterocycles. The van der Waals surface area contributed by atoms with Crippen LogP contribution in [0.1, 0.15) is 41.2 Å². The van der Waals surface area contributed by atoms with Gasteiger partial charge in [-0.15, -0.1) is 0 Å². The van der Waals surface area contributed by atoms with Gasteiger partial charge in [0.05, 0.1) is 0 Å². The van der Waals surface area contributed by atoms with Gasteiger partial charge in [-0.25, -0.2) is 0 Å². The maximum Gasteiger partial charge on any atom is -1.00 e. The van der Waals surface area contributed by atoms with Crippen molar-refractivity contribution in [3.63, 3.8) is 0 Å². The normalized spacial score (nSPS) is 13.1. The summed E-state index contributed by atoms with van der Waals surface area (Å²) >= 11 is -2.31. The minimum absolute atomic E-state index is 0. The van der Waals surface area contributed by atoms with Crippen LogP contribution in [0.5, 0.6) is 0 Å². The number of halogens is 2. The largest absolute Gasteiger partial charge is 1.00 e. The number of hydrogen-bond acceptors (Lipinski definition) is 0. The van der Waals surface area contributed by atoms with Crippen molar-refractivity contribution in [3.05, 3.63) is 123 Å². The van der Waals surface area contributed by atoms with Crippen LogP contribution in [0.15, 0.2) is 95.3 Å². The van der Waals surface area contributed by atoms with Crippen LogP contribution in [-0.4, -0.2) is 3.21 Å². The van der Waals surface area contributed by atoms with Gasteiger partial charge in [0.15, 0.2) is 0 Å². The fourth-order valence-electron chi connectivity index (χ4n) is 4.86. The second-order valence-corrected chi connectivity index (χ2v) is 14.9. The Labute approximate surface area is 217 Å². The van der Waals surface area contributed by atoms with Gasteiger partial charge in [-0.3, -0.25) is 0 Å². The molecule has 3 heteroatoms. The number of rotatable bonds is 5. The van der Waals surface area contributed by atoms with E-state index in [9.17, 15) is 0 Å². The van der Waals surface area contributed by atoms with Crippen LogP contribution in [0, 0.1) is 0 Å². The quantitative estimate of drug-likeness (QED) is 0.348. The predicted molar refractivity (Wildman–Crippen MR) is 133 cm³/mol. The molecule has 164 valence electrons. The predicted octanol–water partition coefficient (Wildman–Crippen LogP) is 0.880. The van der Waals surface area contributed by atoms with Gasteiger partial charge < -0.3 is 24.8 Å². The van der Waals surface area contributed by atoms with Gasteiger partial charge in [0, 0.05) is 0 Å². The molecule has 3 aromatic rings. The summed E-state index contributed by atoms with van der Waals surface area (Å²) in [6.07, 6.45) is 13.0. The molecule has 0 saturated carbocycles. The first kappa shape index (κ1) is 25.6. The fourth-order valence-corrected chi connectivity index (χ4v) is 12.5. The van der Waals surface area contributed by atoms with Crippen molar-refractivity contribution >= 4 is 18.6 Å². The van der Waals surface area contributed by atoms with Gasteiger partial charge in [-0.2, -0.15) is 0 Å². The Balaban J connectivity index is 0.00000153. The van der Waals surface area contributed by atoms with Crippen LogP contribution < -0.4 is 28.1 Å². The zero-order valence-electron chi connectivity index (χ0n) is 18.7. The van der Waals surface area contributed by atoms with Crippen molar-refractivity contribution in [3.8, 4) is 11.1 Å². The molecule has 0 amide bonds. The molecule has 2 aliphatic carbocycles. The van der Waals surface area contributed by atoms with Crippen LogP contribution in [0.4, 0.5) is 0 Å². The minimum atomic E-state index is -2.31. The number of fused-ring (bicyclic) bond motifs is 3. The van der Waals surface area contributed by atoms with E-state index in [4.69, 9.17) is 0 Å². The van der Waals surface area contributed by atoms with Crippen molar-refractivity contribution in [1.82, 2.24) is 0 Å². The zero-order valence-corrected chi connectivity index (χ0v) is 22.7. The van der Waals surface area contributed by atoms with E-state index in [1.165, 1.54) is 33.4 Å². The maximum atomic E-state index is 4.12. The summed E-state index contributed by atoms with van der Waals surface area (Å²) in [6, 6.07) is 22.6. The van der Waals surface area contributed by atoms with E-state index >= 15 is 0 Å². The van der Waals surface area contributed by atoms with E-state index in [0.717, 1.165) is 12.8 Å². The van der Waals surface area contributed by atoms with Crippen LogP contribution in [0.2, 0.25) is 0 Å². The molecule has 0 unspecified atom stereocenters. The van der Waals surface area contributed by atoms with Crippen molar-refractivity contribution in [2.75, 3.05) is 0 Å². The van der Waals surface area contributed by atoms with Gasteiger partial charge >= 0.3 is 194 Å². The molecule has 3 aromatic carbocycles. The van der Waals surface area contributed by atoms with E-state index in [1.54, 1.807) is 15.3 Å². The molecule has 0 fully saturated rings. The minimum Gasteiger partial charge on any atom is -1.00 e. The van der Waals surface area contributed by atoms with Crippen molar-refractivity contribution < 1.29 is 46.1 Å². The van der Waals surface area contributed by atoms with Crippen molar-refractivity contribution in [1.29, 1.82) is 0 Å². The fraction of sp³-hybridized carbons (Fsp3) is 0.100. The molecule has 0 spiro atoms. The molecular formula is C30H26Cl2Zr. The third kappa shape index (κ3) is 4.78. The Bertz CT molecular complexity index is 1310. The third-order valence-corrected chi connectivity index (χ3v) is 13.9. The molecule has 0 bridgehead atoms. The SMILES string of the molecule is C=Cc1ccc2c(c1)-c1cc(C=C)c[c](/[Zr+2]([C]3=CC=CC3)=[C](/C)c3ccccc3)c1C2.[Cl-].[Cl-]. The summed E-state index contributed by atoms with van der Waals surface area (Å²) in [5.41, 5.74) is 9.56. The topological polar surface area (TPSA) is 0 Å². The van der Waals surface area contributed by atoms with Gasteiger partial charge in [0.2, 0.25) is 0 Å². The van der Waals surface area contributed by atoms with Crippen molar-refractivity contribution in [2.24, 2.45) is 0 Å². The maximum absolute atomic E-state index is 4.12. The van der Waals surface area contributed by atoms with Gasteiger partial charge in [0.1, 0.15) is 0 Å². The molecule has 0 aliphatic heterocycles. The summed E-state index contributed by atoms with van der Waals surface area (Å²) in [5.74, 6) is 0. The summed E-state index contributed by atoms with van der Waals surface area (Å²) in [5, 5.41) is 0. The number of benzene rings is 3. The van der Waals surface area contributed by atoms with Gasteiger partial charge in [-0.1, -0.05) is 0 Å². The smallest absolute Gasteiger partial charge is 1.00 e. The van der Waals surface area contributed by atoms with Gasteiger partial charge in [0.25, 0.3) is 0 Å². The van der Waals surface area contributed by atoms with Crippen molar-refractivity contribution in [2.45, 2.75) is 19.8 Å². The Morgan fingerprint density at radius 3 is 2.27 bits per heavy atom. The summed E-state index contributed by atoms with van der Waals surface area (Å²) in [7, 11) is 0. The molecule has 0 N–H and O–H groups in total. The molecule has 33 heavy (non-hydrogen) atoms. The van der Waals surface area contributed by atoms with Crippen LogP contribution in [0.3, 0.4) is 0 Å². The Morgan fingerprint density at radius 1 is 0.879 bits per heavy atom. The molecule has 0 atom stereocenters. The molecular weight excluding hydrogens is 522 g/mol. The Morgan fingerprint density at radius 2 is 1.61 bits per heavy atom. The van der Waals surface area contributed by atoms with E-state index in [0.29, 0.717) is 0 Å². The van der Waals surface area contributed by atoms with E-state index in [-0.39, 0.29) is 24.8 Å². The van der Waals surface area contributed by atoms with Crippen LogP contribution >= 0.6 is 0 Å². The Hall–Kier alpha value is -2.05. The molecule has 2 aliphatic rings. The average Bonchev–Trinajstić information content (AvgIpc) is 3.47. The van der Waals surface area contributed by atoms with E-state index < -0.39 is 21.3 Å². The molecule has 0 radical (unpaired) electrons. The second kappa shape index (κ2) is 10.9. The van der Waals surface area contributed by atoms with E-state index in [2.05, 4.69) is 99.0 Å².